The Morgan fingerprint density at radius 1 is 1.30 bits per heavy atom. The fourth-order valence-electron chi connectivity index (χ4n) is 2.88. The van der Waals surface area contributed by atoms with Crippen LogP contribution in [0.4, 0.5) is 9.18 Å². The highest BCUT2D eigenvalue weighted by molar-refractivity contribution is 9.10. The maximum atomic E-state index is 14.1. The first-order valence-corrected chi connectivity index (χ1v) is 8.54. The average Bonchev–Trinajstić information content (AvgIpc) is 2.90. The number of benzene rings is 1. The zero-order valence-electron chi connectivity index (χ0n) is 12.9. The zero-order valence-corrected chi connectivity index (χ0v) is 14.4. The molecule has 0 atom stereocenters. The van der Waals surface area contributed by atoms with Gasteiger partial charge in [-0.2, -0.15) is 0 Å². The van der Waals surface area contributed by atoms with Crippen LogP contribution in [-0.4, -0.2) is 27.1 Å². The molecule has 1 N–H and O–H groups in total. The third-order valence-corrected chi connectivity index (χ3v) is 4.58. The molecule has 122 valence electrons. The molecule has 1 saturated carbocycles. The van der Waals surface area contributed by atoms with E-state index in [2.05, 4.69) is 31.4 Å². The number of aromatic nitrogens is 3. The molecular formula is C16H18BrFN4O. The van der Waals surface area contributed by atoms with Crippen molar-refractivity contribution in [3.05, 3.63) is 34.2 Å². The number of hydrogen-bond acceptors (Lipinski definition) is 3. The molecule has 1 aromatic carbocycles. The van der Waals surface area contributed by atoms with Crippen LogP contribution in [0.1, 0.15) is 37.8 Å². The second kappa shape index (κ2) is 6.78. The summed E-state index contributed by atoms with van der Waals surface area (Å²) in [6.07, 6.45) is 5.45. The molecule has 0 saturated heterocycles. The summed E-state index contributed by atoms with van der Waals surface area (Å²) in [7, 11) is 0. The van der Waals surface area contributed by atoms with Crippen LogP contribution in [-0.2, 0) is 0 Å². The van der Waals surface area contributed by atoms with E-state index in [9.17, 15) is 9.18 Å². The van der Waals surface area contributed by atoms with E-state index >= 15 is 0 Å². The van der Waals surface area contributed by atoms with Gasteiger partial charge in [0.1, 0.15) is 11.5 Å². The summed E-state index contributed by atoms with van der Waals surface area (Å²) < 4.78 is 14.7. The van der Waals surface area contributed by atoms with Crippen molar-refractivity contribution in [2.45, 2.75) is 45.1 Å². The van der Waals surface area contributed by atoms with Gasteiger partial charge in [-0.1, -0.05) is 40.0 Å². The van der Waals surface area contributed by atoms with Crippen molar-refractivity contribution < 1.29 is 9.18 Å². The van der Waals surface area contributed by atoms with Gasteiger partial charge in [-0.3, -0.25) is 0 Å². The fraction of sp³-hybridized carbons (Fsp3) is 0.438. The van der Waals surface area contributed by atoms with Crippen LogP contribution >= 0.6 is 15.9 Å². The molecule has 1 amide bonds. The standard InChI is InChI=1S/C16H18BrFN4O/c1-10-15(13-8-7-11(17)9-14(13)18)21-22(20-10)16(23)19-12-5-3-2-4-6-12/h7-9,12H,2-6H2,1H3,(H,19,23). The third kappa shape index (κ3) is 3.60. The number of halogens is 2. The van der Waals surface area contributed by atoms with E-state index in [4.69, 9.17) is 0 Å². The van der Waals surface area contributed by atoms with Gasteiger partial charge in [0.2, 0.25) is 0 Å². The number of aryl methyl sites for hydroxylation is 1. The van der Waals surface area contributed by atoms with Crippen LogP contribution in [0.3, 0.4) is 0 Å². The van der Waals surface area contributed by atoms with Gasteiger partial charge in [0.15, 0.2) is 0 Å². The quantitative estimate of drug-likeness (QED) is 0.854. The highest BCUT2D eigenvalue weighted by Crippen LogP contribution is 2.25. The fourth-order valence-corrected chi connectivity index (χ4v) is 3.21. The lowest BCUT2D eigenvalue weighted by atomic mass is 9.96. The molecule has 1 aromatic heterocycles. The molecule has 5 nitrogen and oxygen atoms in total. The van der Waals surface area contributed by atoms with Crippen molar-refractivity contribution in [2.75, 3.05) is 0 Å². The topological polar surface area (TPSA) is 59.8 Å². The molecule has 2 aromatic rings. The Morgan fingerprint density at radius 2 is 2.04 bits per heavy atom. The monoisotopic (exact) mass is 380 g/mol. The van der Waals surface area contributed by atoms with Crippen molar-refractivity contribution >= 4 is 22.0 Å². The molecule has 23 heavy (non-hydrogen) atoms. The van der Waals surface area contributed by atoms with Crippen molar-refractivity contribution in [1.29, 1.82) is 0 Å². The third-order valence-electron chi connectivity index (χ3n) is 4.08. The Balaban J connectivity index is 1.81. The Kier molecular flexibility index (Phi) is 4.75. The van der Waals surface area contributed by atoms with Gasteiger partial charge in [0, 0.05) is 16.1 Å². The van der Waals surface area contributed by atoms with Gasteiger partial charge in [0.25, 0.3) is 0 Å². The summed E-state index contributed by atoms with van der Waals surface area (Å²) in [5.74, 6) is -0.401. The summed E-state index contributed by atoms with van der Waals surface area (Å²) >= 11 is 3.23. The first kappa shape index (κ1) is 16.1. The summed E-state index contributed by atoms with van der Waals surface area (Å²) in [4.78, 5) is 13.3. The normalized spacial score (nSPS) is 15.6. The highest BCUT2D eigenvalue weighted by Gasteiger charge is 2.20. The van der Waals surface area contributed by atoms with Crippen LogP contribution in [0.15, 0.2) is 22.7 Å². The number of nitrogens with one attached hydrogen (secondary N) is 1. The van der Waals surface area contributed by atoms with Crippen molar-refractivity contribution in [3.8, 4) is 11.3 Å². The van der Waals surface area contributed by atoms with Gasteiger partial charge >= 0.3 is 6.03 Å². The molecule has 0 spiro atoms. The van der Waals surface area contributed by atoms with Crippen LogP contribution in [0.2, 0.25) is 0 Å². The number of rotatable bonds is 2. The number of nitrogens with zero attached hydrogens (tertiary/aromatic N) is 3. The summed E-state index contributed by atoms with van der Waals surface area (Å²) in [5, 5.41) is 11.3. The molecule has 0 radical (unpaired) electrons. The molecule has 1 aliphatic carbocycles. The Bertz CT molecular complexity index is 725. The number of amides is 1. The predicted molar refractivity (Wildman–Crippen MR) is 88.7 cm³/mol. The molecule has 0 aliphatic heterocycles. The minimum absolute atomic E-state index is 0.176. The molecule has 7 heteroatoms. The van der Waals surface area contributed by atoms with E-state index in [1.54, 1.807) is 19.1 Å². The van der Waals surface area contributed by atoms with E-state index in [1.165, 1.54) is 12.5 Å². The van der Waals surface area contributed by atoms with Crippen LogP contribution in [0.5, 0.6) is 0 Å². The van der Waals surface area contributed by atoms with Gasteiger partial charge in [0.05, 0.1) is 5.69 Å². The van der Waals surface area contributed by atoms with E-state index < -0.39 is 5.82 Å². The van der Waals surface area contributed by atoms with E-state index in [1.807, 2.05) is 0 Å². The predicted octanol–water partition coefficient (Wildman–Crippen LogP) is 4.05. The largest absolute Gasteiger partial charge is 0.359 e. The highest BCUT2D eigenvalue weighted by atomic mass is 79.9. The maximum Gasteiger partial charge on any atom is 0.359 e. The molecule has 0 bridgehead atoms. The molecule has 1 aliphatic rings. The van der Waals surface area contributed by atoms with Crippen molar-refractivity contribution in [2.24, 2.45) is 0 Å². The molecule has 3 rings (SSSR count). The minimum Gasteiger partial charge on any atom is -0.332 e. The number of carbonyl (C=O) groups excluding carboxylic acids is 1. The second-order valence-corrected chi connectivity index (χ2v) is 6.75. The molecule has 0 unspecified atom stereocenters. The smallest absolute Gasteiger partial charge is 0.332 e. The van der Waals surface area contributed by atoms with Crippen LogP contribution < -0.4 is 5.32 Å². The van der Waals surface area contributed by atoms with Crippen LogP contribution in [0.25, 0.3) is 11.3 Å². The first-order chi connectivity index (χ1) is 11.0. The zero-order chi connectivity index (χ0) is 16.4. The lowest BCUT2D eigenvalue weighted by Crippen LogP contribution is -2.39. The van der Waals surface area contributed by atoms with E-state index in [0.717, 1.165) is 30.5 Å². The Morgan fingerprint density at radius 3 is 2.74 bits per heavy atom. The SMILES string of the molecule is Cc1nn(C(=O)NC2CCCCC2)nc1-c1ccc(Br)cc1F. The van der Waals surface area contributed by atoms with E-state index in [0.29, 0.717) is 21.4 Å². The lowest BCUT2D eigenvalue weighted by molar-refractivity contribution is 0.227. The molecule has 1 heterocycles. The first-order valence-electron chi connectivity index (χ1n) is 7.75. The maximum absolute atomic E-state index is 14.1. The Labute approximate surface area is 142 Å². The minimum atomic E-state index is -0.401. The van der Waals surface area contributed by atoms with Crippen molar-refractivity contribution in [3.63, 3.8) is 0 Å². The number of hydrogen-bond donors (Lipinski definition) is 1. The average molecular weight is 381 g/mol. The second-order valence-electron chi connectivity index (χ2n) is 5.83. The van der Waals surface area contributed by atoms with Crippen LogP contribution in [0, 0.1) is 12.7 Å². The summed E-state index contributed by atoms with van der Waals surface area (Å²) in [6, 6.07) is 4.55. The number of carbonyl (C=O) groups is 1. The molecular weight excluding hydrogens is 363 g/mol. The van der Waals surface area contributed by atoms with Crippen molar-refractivity contribution in [1.82, 2.24) is 20.3 Å². The van der Waals surface area contributed by atoms with E-state index in [-0.39, 0.29) is 12.1 Å². The van der Waals surface area contributed by atoms with Gasteiger partial charge in [-0.15, -0.1) is 10.2 Å². The van der Waals surface area contributed by atoms with Gasteiger partial charge < -0.3 is 5.32 Å². The summed E-state index contributed by atoms with van der Waals surface area (Å²) in [6.45, 7) is 1.72. The summed E-state index contributed by atoms with van der Waals surface area (Å²) in [5.41, 5.74) is 1.24. The van der Waals surface area contributed by atoms with Gasteiger partial charge in [-0.25, -0.2) is 9.18 Å². The Hall–Kier alpha value is -1.76. The lowest BCUT2D eigenvalue weighted by Gasteiger charge is -2.21. The van der Waals surface area contributed by atoms with Gasteiger partial charge in [-0.05, 0) is 38.0 Å². The molecule has 1 fully saturated rings.